The van der Waals surface area contributed by atoms with Gasteiger partial charge in [-0.2, -0.15) is 0 Å². The monoisotopic (exact) mass is 380 g/mol. The van der Waals surface area contributed by atoms with Gasteiger partial charge in [0, 0.05) is 11.2 Å². The highest BCUT2D eigenvalue weighted by Gasteiger charge is 2.19. The third kappa shape index (κ3) is 4.86. The van der Waals surface area contributed by atoms with Crippen LogP contribution in [0.2, 0.25) is 5.02 Å². The van der Waals surface area contributed by atoms with Crippen molar-refractivity contribution in [2.24, 2.45) is 0 Å². The predicted octanol–water partition coefficient (Wildman–Crippen LogP) is 4.96. The van der Waals surface area contributed by atoms with E-state index in [0.717, 1.165) is 22.4 Å². The van der Waals surface area contributed by atoms with Gasteiger partial charge < -0.3 is 4.74 Å². The van der Waals surface area contributed by atoms with Gasteiger partial charge in [-0.3, -0.25) is 9.69 Å². The zero-order valence-electron chi connectivity index (χ0n) is 15.4. The number of hydrogen-bond donors (Lipinski definition) is 0. The summed E-state index contributed by atoms with van der Waals surface area (Å²) in [6.07, 6.45) is 1.67. The van der Waals surface area contributed by atoms with Gasteiger partial charge in [-0.15, -0.1) is 0 Å². The normalized spacial score (nSPS) is 10.5. The smallest absolute Gasteiger partial charge is 0.266 e. The Morgan fingerprint density at radius 3 is 2.33 bits per heavy atom. The molecule has 0 saturated heterocycles. The second kappa shape index (κ2) is 8.69. The minimum atomic E-state index is -0.161. The molecule has 0 bridgehead atoms. The molecular formula is C22H21ClN2O2. The largest absolute Gasteiger partial charge is 0.483 e. The van der Waals surface area contributed by atoms with Gasteiger partial charge in [0.25, 0.3) is 5.91 Å². The van der Waals surface area contributed by atoms with Gasteiger partial charge in [-0.25, -0.2) is 4.98 Å². The van der Waals surface area contributed by atoms with Crippen molar-refractivity contribution in [3.8, 4) is 5.75 Å². The molecule has 3 aromatic rings. The number of carbonyl (C=O) groups excluding carboxylic acids is 1. The first-order valence-electron chi connectivity index (χ1n) is 8.69. The number of para-hydroxylation sites is 1. The van der Waals surface area contributed by atoms with Crippen molar-refractivity contribution >= 4 is 23.3 Å². The van der Waals surface area contributed by atoms with Crippen LogP contribution in [0.4, 0.5) is 5.82 Å². The van der Waals surface area contributed by atoms with Crippen molar-refractivity contribution in [1.29, 1.82) is 0 Å². The Kier molecular flexibility index (Phi) is 6.09. The molecule has 27 heavy (non-hydrogen) atoms. The summed E-state index contributed by atoms with van der Waals surface area (Å²) in [7, 11) is 0. The van der Waals surface area contributed by atoms with Crippen LogP contribution in [0, 0.1) is 13.8 Å². The van der Waals surface area contributed by atoms with Crippen molar-refractivity contribution in [2.75, 3.05) is 11.5 Å². The SMILES string of the molecule is Cc1cccc(C)c1OCC(=O)N(Cc1ccc(Cl)cc1)c1ccccn1. The van der Waals surface area contributed by atoms with Crippen LogP contribution in [0.25, 0.3) is 0 Å². The quantitative estimate of drug-likeness (QED) is 0.606. The van der Waals surface area contributed by atoms with Gasteiger partial charge in [0.05, 0.1) is 6.54 Å². The summed E-state index contributed by atoms with van der Waals surface area (Å²) >= 11 is 5.96. The molecule has 5 heteroatoms. The maximum atomic E-state index is 12.9. The van der Waals surface area contributed by atoms with E-state index in [-0.39, 0.29) is 12.5 Å². The molecule has 138 valence electrons. The van der Waals surface area contributed by atoms with E-state index in [2.05, 4.69) is 4.98 Å². The minimum absolute atomic E-state index is 0.0597. The van der Waals surface area contributed by atoms with Gasteiger partial charge in [-0.05, 0) is 54.8 Å². The summed E-state index contributed by atoms with van der Waals surface area (Å²) < 4.78 is 5.85. The maximum absolute atomic E-state index is 12.9. The number of carbonyl (C=O) groups is 1. The molecule has 0 aliphatic heterocycles. The highest BCUT2D eigenvalue weighted by Crippen LogP contribution is 2.23. The molecule has 0 N–H and O–H groups in total. The number of amides is 1. The lowest BCUT2D eigenvalue weighted by Gasteiger charge is -2.22. The zero-order chi connectivity index (χ0) is 19.2. The third-order valence-corrected chi connectivity index (χ3v) is 4.48. The highest BCUT2D eigenvalue weighted by molar-refractivity contribution is 6.30. The number of aryl methyl sites for hydroxylation is 2. The number of aromatic nitrogens is 1. The first kappa shape index (κ1) is 18.9. The molecule has 3 rings (SSSR count). The second-order valence-corrected chi connectivity index (χ2v) is 6.74. The standard InChI is InChI=1S/C22H21ClN2O2/c1-16-6-5-7-17(2)22(16)27-15-21(26)25(20-8-3-4-13-24-20)14-18-9-11-19(23)12-10-18/h3-13H,14-15H2,1-2H3. The zero-order valence-corrected chi connectivity index (χ0v) is 16.1. The first-order chi connectivity index (χ1) is 13.0. The maximum Gasteiger partial charge on any atom is 0.266 e. The summed E-state index contributed by atoms with van der Waals surface area (Å²) in [5.41, 5.74) is 2.97. The molecular weight excluding hydrogens is 360 g/mol. The number of pyridine rings is 1. The molecule has 4 nitrogen and oxygen atoms in total. The van der Waals surface area contributed by atoms with Crippen LogP contribution in [0.5, 0.6) is 5.75 Å². The average Bonchev–Trinajstić information content (AvgIpc) is 2.67. The molecule has 0 saturated carbocycles. The molecule has 0 unspecified atom stereocenters. The molecule has 0 fully saturated rings. The summed E-state index contributed by atoms with van der Waals surface area (Å²) in [5.74, 6) is 1.17. The predicted molar refractivity (Wildman–Crippen MR) is 108 cm³/mol. The fourth-order valence-corrected chi connectivity index (χ4v) is 2.95. The Labute approximate surface area is 164 Å². The van der Waals surface area contributed by atoms with E-state index in [1.165, 1.54) is 0 Å². The number of nitrogens with zero attached hydrogens (tertiary/aromatic N) is 2. The van der Waals surface area contributed by atoms with Crippen molar-refractivity contribution in [3.63, 3.8) is 0 Å². The van der Waals surface area contributed by atoms with Crippen molar-refractivity contribution in [3.05, 3.63) is 88.6 Å². The molecule has 1 heterocycles. The van der Waals surface area contributed by atoms with E-state index in [1.54, 1.807) is 11.1 Å². The van der Waals surface area contributed by atoms with E-state index in [9.17, 15) is 4.79 Å². The van der Waals surface area contributed by atoms with Crippen LogP contribution in [0.15, 0.2) is 66.9 Å². The van der Waals surface area contributed by atoms with Gasteiger partial charge in [-0.1, -0.05) is 48.0 Å². The molecule has 1 amide bonds. The molecule has 0 aliphatic carbocycles. The number of anilines is 1. The number of halogens is 1. The van der Waals surface area contributed by atoms with Crippen LogP contribution in [0.1, 0.15) is 16.7 Å². The number of benzene rings is 2. The van der Waals surface area contributed by atoms with Crippen LogP contribution in [0.3, 0.4) is 0 Å². The molecule has 1 aromatic heterocycles. The molecule has 0 aliphatic rings. The summed E-state index contributed by atoms with van der Waals surface area (Å²) in [6.45, 7) is 4.27. The lowest BCUT2D eigenvalue weighted by atomic mass is 10.1. The van der Waals surface area contributed by atoms with Crippen LogP contribution >= 0.6 is 11.6 Å². The van der Waals surface area contributed by atoms with E-state index in [1.807, 2.05) is 74.5 Å². The fourth-order valence-electron chi connectivity index (χ4n) is 2.82. The Bertz CT molecular complexity index is 891. The first-order valence-corrected chi connectivity index (χ1v) is 9.07. The van der Waals surface area contributed by atoms with Gasteiger partial charge >= 0.3 is 0 Å². The van der Waals surface area contributed by atoms with Crippen LogP contribution in [-0.4, -0.2) is 17.5 Å². The number of ether oxygens (including phenoxy) is 1. The molecule has 0 spiro atoms. The van der Waals surface area contributed by atoms with Gasteiger partial charge in [0.15, 0.2) is 6.61 Å². The van der Waals surface area contributed by atoms with E-state index in [4.69, 9.17) is 16.3 Å². The van der Waals surface area contributed by atoms with Crippen LogP contribution in [-0.2, 0) is 11.3 Å². The second-order valence-electron chi connectivity index (χ2n) is 6.30. The summed E-state index contributed by atoms with van der Waals surface area (Å²) in [4.78, 5) is 18.9. The Hall–Kier alpha value is -2.85. The van der Waals surface area contributed by atoms with Crippen molar-refractivity contribution in [1.82, 2.24) is 4.98 Å². The Morgan fingerprint density at radius 1 is 1.00 bits per heavy atom. The lowest BCUT2D eigenvalue weighted by molar-refractivity contribution is -0.120. The van der Waals surface area contributed by atoms with Crippen LogP contribution < -0.4 is 9.64 Å². The third-order valence-electron chi connectivity index (χ3n) is 4.23. The van der Waals surface area contributed by atoms with Crippen molar-refractivity contribution in [2.45, 2.75) is 20.4 Å². The Morgan fingerprint density at radius 2 is 1.70 bits per heavy atom. The number of hydrogen-bond acceptors (Lipinski definition) is 3. The minimum Gasteiger partial charge on any atom is -0.483 e. The van der Waals surface area contributed by atoms with Crippen molar-refractivity contribution < 1.29 is 9.53 Å². The topological polar surface area (TPSA) is 42.4 Å². The van der Waals surface area contributed by atoms with E-state index >= 15 is 0 Å². The fraction of sp³-hybridized carbons (Fsp3) is 0.182. The molecule has 2 aromatic carbocycles. The Balaban J connectivity index is 1.79. The summed E-state index contributed by atoms with van der Waals surface area (Å²) in [5, 5.41) is 0.660. The average molecular weight is 381 g/mol. The van der Waals surface area contributed by atoms with E-state index in [0.29, 0.717) is 17.4 Å². The number of rotatable bonds is 6. The van der Waals surface area contributed by atoms with Gasteiger partial charge in [0.2, 0.25) is 0 Å². The van der Waals surface area contributed by atoms with E-state index < -0.39 is 0 Å². The lowest BCUT2D eigenvalue weighted by Crippen LogP contribution is -2.35. The summed E-state index contributed by atoms with van der Waals surface area (Å²) in [6, 6.07) is 18.8. The highest BCUT2D eigenvalue weighted by atomic mass is 35.5. The molecule has 0 atom stereocenters. The van der Waals surface area contributed by atoms with Gasteiger partial charge in [0.1, 0.15) is 11.6 Å². The molecule has 0 radical (unpaired) electrons.